The Labute approximate surface area is 425 Å². The Hall–Kier alpha value is -7.40. The molecule has 0 spiro atoms. The van der Waals surface area contributed by atoms with Gasteiger partial charge in [0, 0.05) is 83.2 Å². The molecule has 0 N–H and O–H groups in total. The number of aromatic nitrogens is 2. The molecule has 0 fully saturated rings. The molecule has 4 heterocycles. The SMILES string of the molecule is [2H]c1c([2H])c([2H])c(-c2cc(C(C)C)cc(-c3c([2H])c([2H])c([2H])c([2H])c3[2H])c2N2[CH-]N(c3[c-]c(Oc4[c-]c5c(cc4)c4c6oc7ccccc7c6ccc4n5-c4cc(C(C)(C)C)ccn4)ccc3)c3ccccc32)c([2H])c1[2H].[Pt]. The number of anilines is 4. The van der Waals surface area contributed by atoms with E-state index in [9.17, 15) is 5.48 Å². The van der Waals surface area contributed by atoms with Crippen LogP contribution in [0.2, 0.25) is 0 Å². The molecule has 0 bridgehead atoms. The third-order valence-electron chi connectivity index (χ3n) is 12.4. The van der Waals surface area contributed by atoms with Gasteiger partial charge in [-0.1, -0.05) is 136 Å². The Bertz CT molecular complexity index is 4150. The van der Waals surface area contributed by atoms with Gasteiger partial charge < -0.3 is 23.5 Å². The second-order valence-corrected chi connectivity index (χ2v) is 18.0. The summed E-state index contributed by atoms with van der Waals surface area (Å²) in [6, 6.07) is 38.6. The number of pyridine rings is 1. The minimum absolute atomic E-state index is 0. The average molecular weight is 1070 g/mol. The molecule has 12 rings (SSSR count). The maximum atomic E-state index is 9.22. The standard InChI is InChI=1S/C61H47N4O2.Pt/c1-39(2)42-33-50(40-17-8-6-9-18-40)59(51(34-42)41-19-10-7-11-20-41)64-38-63(52-24-13-14-25-53(52)64)44-21-16-22-45(36-44)66-46-27-28-49-55(37-46)65(57-35-43(31-32-62-57)61(3,4)5)54-30-29-48-47-23-12-15-26-56(47)67-60(48)58(49)54;/h6-35,38-39H,1-5H3;/q-3;/i6D,7D,8D,9D,10D,11D,17D,18D,19D,20D;. The van der Waals surface area contributed by atoms with Crippen molar-refractivity contribution in [2.75, 3.05) is 9.80 Å². The predicted octanol–water partition coefficient (Wildman–Crippen LogP) is 16.6. The predicted molar refractivity (Wildman–Crippen MR) is 275 cm³/mol. The molecule has 6 nitrogen and oxygen atoms in total. The van der Waals surface area contributed by atoms with Gasteiger partial charge in [-0.3, -0.25) is 0 Å². The summed E-state index contributed by atoms with van der Waals surface area (Å²) in [5, 5.41) is 3.83. The number of ether oxygens (including phenoxy) is 1. The molecule has 0 radical (unpaired) electrons. The van der Waals surface area contributed by atoms with E-state index in [1.165, 1.54) is 0 Å². The van der Waals surface area contributed by atoms with Crippen LogP contribution in [0.3, 0.4) is 0 Å². The molecular weight excluding hydrogens is 1020 g/mol. The van der Waals surface area contributed by atoms with Crippen LogP contribution in [0.5, 0.6) is 11.5 Å². The van der Waals surface area contributed by atoms with Crippen molar-refractivity contribution in [2.45, 2.75) is 46.0 Å². The fourth-order valence-electron chi connectivity index (χ4n) is 9.13. The number of furan rings is 1. The van der Waals surface area contributed by atoms with Crippen LogP contribution in [0.4, 0.5) is 22.7 Å². The van der Waals surface area contributed by atoms with Crippen molar-refractivity contribution in [3.63, 3.8) is 0 Å². The molecular formula is C61H47N4O2Pt-3. The van der Waals surface area contributed by atoms with Crippen LogP contribution in [0.15, 0.2) is 186 Å². The van der Waals surface area contributed by atoms with Gasteiger partial charge in [0.2, 0.25) is 0 Å². The third kappa shape index (κ3) is 7.35. The van der Waals surface area contributed by atoms with E-state index in [1.54, 1.807) is 29.8 Å². The van der Waals surface area contributed by atoms with E-state index in [0.29, 0.717) is 39.9 Å². The summed E-state index contributed by atoms with van der Waals surface area (Å²) in [6.45, 7) is 12.1. The van der Waals surface area contributed by atoms with E-state index in [4.69, 9.17) is 22.4 Å². The second-order valence-electron chi connectivity index (χ2n) is 18.0. The van der Waals surface area contributed by atoms with Crippen molar-refractivity contribution >= 4 is 66.5 Å². The van der Waals surface area contributed by atoms with Crippen molar-refractivity contribution in [1.29, 1.82) is 0 Å². The van der Waals surface area contributed by atoms with Gasteiger partial charge in [-0.2, -0.15) is 12.1 Å². The number of nitrogens with zero attached hydrogens (tertiary/aromatic N) is 4. The largest absolute Gasteiger partial charge is 0.509 e. The van der Waals surface area contributed by atoms with Gasteiger partial charge >= 0.3 is 0 Å². The molecule has 68 heavy (non-hydrogen) atoms. The molecule has 0 atom stereocenters. The van der Waals surface area contributed by atoms with E-state index in [0.717, 1.165) is 49.3 Å². The Kier molecular flexibility index (Phi) is 8.30. The van der Waals surface area contributed by atoms with Gasteiger partial charge in [0.15, 0.2) is 0 Å². The van der Waals surface area contributed by atoms with Crippen LogP contribution >= 0.6 is 0 Å². The summed E-state index contributed by atoms with van der Waals surface area (Å²) in [5.74, 6) is 1.28. The minimum atomic E-state index is -0.565. The number of para-hydroxylation sites is 3. The Morgan fingerprint density at radius 3 is 2.04 bits per heavy atom. The summed E-state index contributed by atoms with van der Waals surface area (Å²) < 4.78 is 104. The smallest absolute Gasteiger partial charge is 0.135 e. The van der Waals surface area contributed by atoms with Crippen LogP contribution in [-0.4, -0.2) is 9.55 Å². The molecule has 0 saturated heterocycles. The van der Waals surface area contributed by atoms with Gasteiger partial charge in [0.1, 0.15) is 17.0 Å². The number of fused-ring (bicyclic) bond motifs is 8. The van der Waals surface area contributed by atoms with Crippen molar-refractivity contribution < 1.29 is 43.9 Å². The molecule has 7 heteroatoms. The van der Waals surface area contributed by atoms with Crippen LogP contribution in [0.1, 0.15) is 65.4 Å². The molecule has 0 unspecified atom stereocenters. The zero-order valence-electron chi connectivity index (χ0n) is 47.6. The van der Waals surface area contributed by atoms with Gasteiger partial charge in [-0.15, -0.1) is 42.7 Å². The van der Waals surface area contributed by atoms with Crippen LogP contribution in [0, 0.1) is 18.8 Å². The Morgan fingerprint density at radius 1 is 0.676 bits per heavy atom. The molecule has 1 aliphatic rings. The van der Waals surface area contributed by atoms with Gasteiger partial charge in [-0.05, 0) is 93.6 Å². The number of rotatable bonds is 8. The molecule has 3 aromatic heterocycles. The monoisotopic (exact) mass is 1070 g/mol. The van der Waals surface area contributed by atoms with Gasteiger partial charge in [0.05, 0.1) is 13.7 Å². The van der Waals surface area contributed by atoms with E-state index in [-0.39, 0.29) is 60.3 Å². The summed E-state index contributed by atoms with van der Waals surface area (Å²) in [5.41, 5.74) is 6.97. The van der Waals surface area contributed by atoms with Crippen molar-refractivity contribution in [1.82, 2.24) is 9.55 Å². The van der Waals surface area contributed by atoms with Gasteiger partial charge in [0.25, 0.3) is 0 Å². The molecule has 0 saturated carbocycles. The second kappa shape index (κ2) is 17.0. The first-order valence-electron chi connectivity index (χ1n) is 27.1. The maximum absolute atomic E-state index is 9.22. The zero-order chi connectivity index (χ0) is 54.1. The first-order chi connectivity index (χ1) is 36.8. The molecule has 8 aromatic carbocycles. The third-order valence-corrected chi connectivity index (χ3v) is 12.4. The molecule has 11 aromatic rings. The Morgan fingerprint density at radius 2 is 1.34 bits per heavy atom. The van der Waals surface area contributed by atoms with Crippen molar-refractivity contribution in [2.24, 2.45) is 0 Å². The zero-order valence-corrected chi connectivity index (χ0v) is 39.9. The fourth-order valence-corrected chi connectivity index (χ4v) is 9.13. The topological polar surface area (TPSA) is 46.7 Å². The van der Waals surface area contributed by atoms with Crippen LogP contribution < -0.4 is 14.5 Å². The van der Waals surface area contributed by atoms with Crippen LogP contribution in [0.25, 0.3) is 71.8 Å². The van der Waals surface area contributed by atoms with Crippen molar-refractivity contribution in [3.8, 4) is 39.6 Å². The fraction of sp³-hybridized carbons (Fsp3) is 0.115. The normalized spacial score (nSPS) is 14.7. The quantitative estimate of drug-likeness (QED) is 0.142. The summed E-state index contributed by atoms with van der Waals surface area (Å²) in [7, 11) is 0. The van der Waals surface area contributed by atoms with E-state index < -0.39 is 60.4 Å². The summed E-state index contributed by atoms with van der Waals surface area (Å²) in [6.07, 6.45) is 1.83. The van der Waals surface area contributed by atoms with E-state index >= 15 is 0 Å². The molecule has 0 amide bonds. The Balaban J connectivity index is 0.00000645. The molecule has 0 aliphatic carbocycles. The summed E-state index contributed by atoms with van der Waals surface area (Å²) >= 11 is 0. The molecule has 336 valence electrons. The number of hydrogen-bond acceptors (Lipinski definition) is 5. The minimum Gasteiger partial charge on any atom is -0.509 e. The average Bonchev–Trinajstić information content (AvgIpc) is 4.23. The van der Waals surface area contributed by atoms with E-state index in [2.05, 4.69) is 61.7 Å². The molecule has 1 aliphatic heterocycles. The first-order valence-corrected chi connectivity index (χ1v) is 22.1. The number of hydrogen-bond donors (Lipinski definition) is 0. The van der Waals surface area contributed by atoms with Gasteiger partial charge in [-0.25, -0.2) is 4.98 Å². The summed E-state index contributed by atoms with van der Waals surface area (Å²) in [4.78, 5) is 8.54. The van der Waals surface area contributed by atoms with E-state index in [1.807, 2.05) is 97.7 Å². The number of benzene rings is 8. The maximum Gasteiger partial charge on any atom is 0.135 e. The van der Waals surface area contributed by atoms with Crippen LogP contribution in [-0.2, 0) is 26.5 Å². The van der Waals surface area contributed by atoms with Crippen molar-refractivity contribution in [3.05, 3.63) is 212 Å². The first kappa shape index (κ1) is 33.1.